The topological polar surface area (TPSA) is 50.9 Å². The van der Waals surface area contributed by atoms with E-state index in [0.29, 0.717) is 5.69 Å². The fourth-order valence-corrected chi connectivity index (χ4v) is 3.47. The Balaban J connectivity index is 1.99. The van der Waals surface area contributed by atoms with Crippen LogP contribution in [0, 0.1) is 5.82 Å². The van der Waals surface area contributed by atoms with Gasteiger partial charge in [0.25, 0.3) is 0 Å². The van der Waals surface area contributed by atoms with Crippen LogP contribution < -0.4 is 11.1 Å². The van der Waals surface area contributed by atoms with E-state index in [1.54, 1.807) is 19.2 Å². The van der Waals surface area contributed by atoms with Gasteiger partial charge >= 0.3 is 0 Å². The molecule has 6 heteroatoms. The van der Waals surface area contributed by atoms with E-state index in [1.807, 2.05) is 31.2 Å². The quantitative estimate of drug-likeness (QED) is 0.491. The van der Waals surface area contributed by atoms with Crippen LogP contribution in [0.5, 0.6) is 0 Å². The van der Waals surface area contributed by atoms with E-state index in [0.717, 1.165) is 31.9 Å². The van der Waals surface area contributed by atoms with Crippen molar-refractivity contribution in [1.29, 1.82) is 0 Å². The molecule has 0 aliphatic carbocycles. The first-order valence-corrected chi connectivity index (χ1v) is 8.48. The lowest BCUT2D eigenvalue weighted by atomic mass is 10.1. The highest BCUT2D eigenvalue weighted by atomic mass is 32.1. The Kier molecular flexibility index (Phi) is 4.81. The normalized spacial score (nSPS) is 12.6. The number of fused-ring (bicyclic) bond motifs is 1. The van der Waals surface area contributed by atoms with Gasteiger partial charge in [-0.1, -0.05) is 12.1 Å². The van der Waals surface area contributed by atoms with Gasteiger partial charge in [-0.2, -0.15) is 4.39 Å². The first-order valence-electron chi connectivity index (χ1n) is 7.66. The van der Waals surface area contributed by atoms with Crippen LogP contribution in [0.3, 0.4) is 0 Å². The van der Waals surface area contributed by atoms with E-state index in [-0.39, 0.29) is 5.82 Å². The molecule has 3 nitrogen and oxygen atoms in total. The number of benzene rings is 1. The number of hydrogen-bond acceptors (Lipinski definition) is 4. The number of pyridine rings is 1. The molecule has 3 rings (SSSR count). The molecule has 0 radical (unpaired) electrons. The average Bonchev–Trinajstić information content (AvgIpc) is 3.02. The molecule has 0 amide bonds. The number of nitrogens with one attached hydrogen (secondary N) is 1. The minimum absolute atomic E-state index is 0.291. The van der Waals surface area contributed by atoms with Gasteiger partial charge in [-0.05, 0) is 54.5 Å². The van der Waals surface area contributed by atoms with Crippen LogP contribution in [-0.4, -0.2) is 12.0 Å². The number of thiophene rings is 1. The highest BCUT2D eigenvalue weighted by molar-refractivity contribution is 7.21. The maximum atomic E-state index is 14.0. The van der Waals surface area contributed by atoms with Gasteiger partial charge in [0.15, 0.2) is 5.95 Å². The summed E-state index contributed by atoms with van der Waals surface area (Å²) in [5.41, 5.74) is 7.83. The van der Waals surface area contributed by atoms with E-state index in [2.05, 4.69) is 10.3 Å². The molecule has 0 saturated carbocycles. The van der Waals surface area contributed by atoms with Gasteiger partial charge < -0.3 is 11.1 Å². The van der Waals surface area contributed by atoms with E-state index in [4.69, 9.17) is 5.73 Å². The summed E-state index contributed by atoms with van der Waals surface area (Å²) < 4.78 is 26.6. The van der Waals surface area contributed by atoms with Crippen molar-refractivity contribution in [2.24, 2.45) is 5.73 Å². The number of rotatable bonds is 4. The third-order valence-electron chi connectivity index (χ3n) is 3.80. The second kappa shape index (κ2) is 7.03. The van der Waals surface area contributed by atoms with Crippen molar-refractivity contribution >= 4 is 32.8 Å². The van der Waals surface area contributed by atoms with Gasteiger partial charge in [-0.15, -0.1) is 11.3 Å². The predicted octanol–water partition coefficient (Wildman–Crippen LogP) is 5.32. The van der Waals surface area contributed by atoms with Gasteiger partial charge in [0.2, 0.25) is 0 Å². The Hall–Kier alpha value is -2.73. The van der Waals surface area contributed by atoms with Crippen LogP contribution in [0.1, 0.15) is 12.6 Å². The van der Waals surface area contributed by atoms with E-state index < -0.39 is 5.95 Å². The minimum Gasteiger partial charge on any atom is -0.386 e. The lowest BCUT2D eigenvalue weighted by Crippen LogP contribution is -1.91. The van der Waals surface area contributed by atoms with Crippen LogP contribution >= 0.6 is 11.3 Å². The van der Waals surface area contributed by atoms with Crippen molar-refractivity contribution in [2.75, 3.05) is 12.4 Å². The molecule has 2 aromatic heterocycles. The van der Waals surface area contributed by atoms with Crippen molar-refractivity contribution in [1.82, 2.24) is 4.98 Å². The first-order chi connectivity index (χ1) is 12.0. The average molecular weight is 357 g/mol. The minimum atomic E-state index is -0.745. The summed E-state index contributed by atoms with van der Waals surface area (Å²) >= 11 is 1.49. The second-order valence-electron chi connectivity index (χ2n) is 5.55. The van der Waals surface area contributed by atoms with E-state index in [9.17, 15) is 8.78 Å². The Morgan fingerprint density at radius 3 is 2.68 bits per heavy atom. The van der Waals surface area contributed by atoms with E-state index >= 15 is 0 Å². The summed E-state index contributed by atoms with van der Waals surface area (Å²) in [6.45, 7) is 1.84. The van der Waals surface area contributed by atoms with E-state index in [1.165, 1.54) is 23.5 Å². The number of anilines is 1. The molecule has 25 heavy (non-hydrogen) atoms. The highest BCUT2D eigenvalue weighted by Crippen LogP contribution is 2.34. The Morgan fingerprint density at radius 1 is 1.20 bits per heavy atom. The Morgan fingerprint density at radius 2 is 2.00 bits per heavy atom. The summed E-state index contributed by atoms with van der Waals surface area (Å²) in [6.07, 6.45) is 2.79. The van der Waals surface area contributed by atoms with Crippen molar-refractivity contribution in [3.05, 3.63) is 66.0 Å². The molecular weight excluding hydrogens is 340 g/mol. The van der Waals surface area contributed by atoms with Crippen LogP contribution in [0.25, 0.3) is 26.2 Å². The molecular formula is C19H17F2N3S. The summed E-state index contributed by atoms with van der Waals surface area (Å²) in [4.78, 5) is 6.39. The molecule has 2 heterocycles. The molecule has 3 aromatic rings. The van der Waals surface area contributed by atoms with Gasteiger partial charge in [0.1, 0.15) is 10.6 Å². The number of halogens is 2. The summed E-state index contributed by atoms with van der Waals surface area (Å²) in [5.74, 6) is -1.04. The summed E-state index contributed by atoms with van der Waals surface area (Å²) in [6, 6.07) is 10.9. The van der Waals surface area contributed by atoms with Crippen molar-refractivity contribution in [3.8, 4) is 10.4 Å². The molecule has 0 aliphatic rings. The zero-order chi connectivity index (χ0) is 18.0. The third-order valence-corrected chi connectivity index (χ3v) is 4.90. The van der Waals surface area contributed by atoms with Gasteiger partial charge in [0.05, 0.1) is 11.4 Å². The Bertz CT molecular complexity index is 985. The van der Waals surface area contributed by atoms with Crippen LogP contribution in [0.15, 0.2) is 54.5 Å². The molecule has 0 aliphatic heterocycles. The number of allylic oxidation sites excluding steroid dienone is 3. The predicted molar refractivity (Wildman–Crippen MR) is 102 cm³/mol. The molecule has 0 unspecified atom stereocenters. The van der Waals surface area contributed by atoms with Crippen molar-refractivity contribution < 1.29 is 8.78 Å². The summed E-state index contributed by atoms with van der Waals surface area (Å²) in [7, 11) is 1.69. The number of hydrogen-bond donors (Lipinski definition) is 2. The zero-order valence-electron chi connectivity index (χ0n) is 13.8. The van der Waals surface area contributed by atoms with Gasteiger partial charge in [0, 0.05) is 17.3 Å². The largest absolute Gasteiger partial charge is 0.386 e. The highest BCUT2D eigenvalue weighted by Gasteiger charge is 2.09. The molecule has 0 saturated heterocycles. The number of nitrogens with two attached hydrogens (primary N) is 1. The monoisotopic (exact) mass is 357 g/mol. The third kappa shape index (κ3) is 3.69. The first kappa shape index (κ1) is 17.1. The molecule has 0 spiro atoms. The number of aromatic nitrogens is 1. The van der Waals surface area contributed by atoms with Crippen LogP contribution in [0.2, 0.25) is 0 Å². The molecule has 3 N–H and O–H groups in total. The number of nitrogens with zero attached hydrogens (tertiary/aromatic N) is 1. The fourth-order valence-electron chi connectivity index (χ4n) is 2.44. The lowest BCUT2D eigenvalue weighted by molar-refractivity contribution is 0.627. The second-order valence-corrected chi connectivity index (χ2v) is 6.58. The van der Waals surface area contributed by atoms with Gasteiger partial charge in [-0.25, -0.2) is 9.37 Å². The molecule has 128 valence electrons. The SMILES string of the molecule is CNc1ccc(-c2cc3ccc(/C(C)=C/C=C(\N)F)nc3s2)cc1F. The van der Waals surface area contributed by atoms with Crippen LogP contribution in [-0.2, 0) is 0 Å². The molecule has 0 fully saturated rings. The smallest absolute Gasteiger partial charge is 0.184 e. The molecule has 0 atom stereocenters. The standard InChI is InChI=1S/C19H17F2N3S/c1-11(3-8-18(21)22)15-6-5-13-10-17(25-19(13)24-15)12-4-7-16(23-2)14(20)9-12/h3-10,23H,22H2,1-2H3/b11-3+,18-8-. The van der Waals surface area contributed by atoms with Crippen molar-refractivity contribution in [2.45, 2.75) is 6.92 Å². The molecule has 0 bridgehead atoms. The van der Waals surface area contributed by atoms with Gasteiger partial charge in [-0.3, -0.25) is 0 Å². The fraction of sp³-hybridized carbons (Fsp3) is 0.105. The lowest BCUT2D eigenvalue weighted by Gasteiger charge is -2.03. The summed E-state index contributed by atoms with van der Waals surface area (Å²) in [5, 5.41) is 3.79. The maximum Gasteiger partial charge on any atom is 0.184 e. The maximum absolute atomic E-state index is 14.0. The molecule has 1 aromatic carbocycles. The zero-order valence-corrected chi connectivity index (χ0v) is 14.6. The van der Waals surface area contributed by atoms with Crippen LogP contribution in [0.4, 0.5) is 14.5 Å². The Labute approximate surface area is 148 Å². The van der Waals surface area contributed by atoms with Crippen molar-refractivity contribution in [3.63, 3.8) is 0 Å².